The van der Waals surface area contributed by atoms with Crippen molar-refractivity contribution in [3.63, 3.8) is 0 Å². The third kappa shape index (κ3) is 2.99. The molecule has 1 heterocycles. The smallest absolute Gasteiger partial charge is 0.253 e. The van der Waals surface area contributed by atoms with Crippen LogP contribution >= 0.6 is 0 Å². The maximum Gasteiger partial charge on any atom is 0.253 e. The molecule has 0 saturated carbocycles. The van der Waals surface area contributed by atoms with Crippen molar-refractivity contribution in [1.82, 2.24) is 9.47 Å². The van der Waals surface area contributed by atoms with Crippen molar-refractivity contribution in [3.8, 4) is 11.1 Å². The molecule has 1 aromatic carbocycles. The summed E-state index contributed by atoms with van der Waals surface area (Å²) >= 11 is 0. The van der Waals surface area contributed by atoms with Gasteiger partial charge in [-0.05, 0) is 56.3 Å². The molecular formula is C17H22N2O. The molecule has 0 aliphatic heterocycles. The van der Waals surface area contributed by atoms with Crippen LogP contribution in [-0.4, -0.2) is 23.6 Å². The first-order valence-electron chi connectivity index (χ1n) is 6.80. The van der Waals surface area contributed by atoms with Gasteiger partial charge < -0.3 is 9.47 Å². The maximum absolute atomic E-state index is 11.8. The van der Waals surface area contributed by atoms with Gasteiger partial charge in [-0.1, -0.05) is 18.2 Å². The molecule has 0 unspecified atom stereocenters. The van der Waals surface area contributed by atoms with Crippen molar-refractivity contribution >= 4 is 0 Å². The Kier molecular flexibility index (Phi) is 4.09. The highest BCUT2D eigenvalue weighted by Gasteiger charge is 2.06. The van der Waals surface area contributed by atoms with E-state index in [4.69, 9.17) is 0 Å². The summed E-state index contributed by atoms with van der Waals surface area (Å²) in [6, 6.07) is 8.46. The van der Waals surface area contributed by atoms with Gasteiger partial charge >= 0.3 is 0 Å². The molecule has 0 radical (unpaired) electrons. The van der Waals surface area contributed by atoms with Gasteiger partial charge in [0.15, 0.2) is 0 Å². The molecule has 0 aliphatic carbocycles. The largest absolute Gasteiger partial charge is 0.318 e. The van der Waals surface area contributed by atoms with Crippen molar-refractivity contribution in [2.24, 2.45) is 7.05 Å². The summed E-state index contributed by atoms with van der Waals surface area (Å²) in [6.45, 7) is 4.94. The van der Waals surface area contributed by atoms with Crippen LogP contribution in [0, 0.1) is 13.8 Å². The molecule has 0 saturated heterocycles. The van der Waals surface area contributed by atoms with E-state index < -0.39 is 0 Å². The Hall–Kier alpha value is -1.87. The van der Waals surface area contributed by atoms with Crippen molar-refractivity contribution < 1.29 is 0 Å². The maximum atomic E-state index is 11.8. The molecule has 0 amide bonds. The van der Waals surface area contributed by atoms with Gasteiger partial charge in [0.25, 0.3) is 5.56 Å². The van der Waals surface area contributed by atoms with Crippen molar-refractivity contribution in [2.75, 3.05) is 14.1 Å². The average molecular weight is 270 g/mol. The highest BCUT2D eigenvalue weighted by atomic mass is 16.1. The van der Waals surface area contributed by atoms with Crippen LogP contribution in [0.25, 0.3) is 11.1 Å². The number of hydrogen-bond donors (Lipinski definition) is 0. The number of rotatable bonds is 3. The van der Waals surface area contributed by atoms with E-state index in [0.717, 1.165) is 23.2 Å². The Labute approximate surface area is 120 Å². The fourth-order valence-corrected chi connectivity index (χ4v) is 2.43. The van der Waals surface area contributed by atoms with Crippen LogP contribution in [0.5, 0.6) is 0 Å². The molecule has 0 fully saturated rings. The summed E-state index contributed by atoms with van der Waals surface area (Å²) in [5.74, 6) is 0. The number of benzene rings is 1. The first kappa shape index (κ1) is 14.5. The van der Waals surface area contributed by atoms with Gasteiger partial charge in [0.05, 0.1) is 0 Å². The van der Waals surface area contributed by atoms with E-state index >= 15 is 0 Å². The van der Waals surface area contributed by atoms with Gasteiger partial charge in [0.2, 0.25) is 0 Å². The Morgan fingerprint density at radius 1 is 1.05 bits per heavy atom. The zero-order valence-electron chi connectivity index (χ0n) is 12.9. The van der Waals surface area contributed by atoms with Crippen LogP contribution in [0.3, 0.4) is 0 Å². The minimum Gasteiger partial charge on any atom is -0.318 e. The minimum absolute atomic E-state index is 0.0645. The van der Waals surface area contributed by atoms with Gasteiger partial charge in [0.1, 0.15) is 0 Å². The summed E-state index contributed by atoms with van der Waals surface area (Å²) in [5, 5.41) is 0. The third-order valence-electron chi connectivity index (χ3n) is 3.52. The lowest BCUT2D eigenvalue weighted by Gasteiger charge is -2.14. The molecule has 0 spiro atoms. The minimum atomic E-state index is 0.0645. The van der Waals surface area contributed by atoms with Gasteiger partial charge in [-0.25, -0.2) is 0 Å². The summed E-state index contributed by atoms with van der Waals surface area (Å²) in [7, 11) is 5.94. The van der Waals surface area contributed by atoms with Gasteiger partial charge in [0, 0.05) is 25.4 Å². The van der Waals surface area contributed by atoms with E-state index in [0.29, 0.717) is 0 Å². The number of nitrogens with zero attached hydrogens (tertiary/aromatic N) is 2. The van der Waals surface area contributed by atoms with Gasteiger partial charge in [-0.15, -0.1) is 0 Å². The predicted molar refractivity (Wildman–Crippen MR) is 84.0 cm³/mol. The first-order valence-corrected chi connectivity index (χ1v) is 6.80. The Morgan fingerprint density at radius 3 is 2.25 bits per heavy atom. The van der Waals surface area contributed by atoms with E-state index in [-0.39, 0.29) is 5.56 Å². The van der Waals surface area contributed by atoms with E-state index in [1.54, 1.807) is 11.6 Å². The third-order valence-corrected chi connectivity index (χ3v) is 3.52. The molecule has 0 N–H and O–H groups in total. The molecular weight excluding hydrogens is 248 g/mol. The highest BCUT2D eigenvalue weighted by Crippen LogP contribution is 2.22. The molecule has 2 aromatic rings. The second-order valence-corrected chi connectivity index (χ2v) is 5.71. The summed E-state index contributed by atoms with van der Waals surface area (Å²) in [6.07, 6.45) is 1.90. The van der Waals surface area contributed by atoms with E-state index in [2.05, 4.69) is 44.1 Å². The van der Waals surface area contributed by atoms with Crippen LogP contribution in [0.1, 0.15) is 16.7 Å². The number of aryl methyl sites for hydroxylation is 3. The Bertz CT molecular complexity index is 658. The van der Waals surface area contributed by atoms with Crippen LogP contribution in [0.2, 0.25) is 0 Å². The lowest BCUT2D eigenvalue weighted by molar-refractivity contribution is 0.401. The Morgan fingerprint density at radius 2 is 1.70 bits per heavy atom. The molecule has 0 atom stereocenters. The number of aromatic nitrogens is 1. The second kappa shape index (κ2) is 5.63. The molecule has 0 bridgehead atoms. The fourth-order valence-electron chi connectivity index (χ4n) is 2.43. The molecule has 3 heteroatoms. The quantitative estimate of drug-likeness (QED) is 0.857. The standard InChI is InChI=1S/C17H22N2O/c1-12-8-14(6-7-15(12)10-18(3)4)16-9-13(2)17(20)19(5)11-16/h6-9,11H,10H2,1-5H3. The molecule has 1 aromatic heterocycles. The first-order chi connectivity index (χ1) is 9.38. The predicted octanol–water partition coefficient (Wildman–Crippen LogP) is 2.73. The molecule has 2 rings (SSSR count). The van der Waals surface area contributed by atoms with Crippen LogP contribution in [0.4, 0.5) is 0 Å². The number of hydrogen-bond acceptors (Lipinski definition) is 2. The zero-order valence-corrected chi connectivity index (χ0v) is 12.9. The van der Waals surface area contributed by atoms with E-state index in [9.17, 15) is 4.79 Å². The van der Waals surface area contributed by atoms with E-state index in [1.165, 1.54) is 11.1 Å². The molecule has 3 nitrogen and oxygen atoms in total. The second-order valence-electron chi connectivity index (χ2n) is 5.71. The lowest BCUT2D eigenvalue weighted by atomic mass is 10.00. The van der Waals surface area contributed by atoms with Crippen molar-refractivity contribution in [1.29, 1.82) is 0 Å². The van der Waals surface area contributed by atoms with Gasteiger partial charge in [-0.2, -0.15) is 0 Å². The molecule has 106 valence electrons. The van der Waals surface area contributed by atoms with Crippen LogP contribution in [-0.2, 0) is 13.6 Å². The molecule has 0 aliphatic rings. The van der Waals surface area contributed by atoms with Crippen molar-refractivity contribution in [3.05, 3.63) is 57.5 Å². The normalized spacial score (nSPS) is 11.1. The Balaban J connectivity index is 2.44. The highest BCUT2D eigenvalue weighted by molar-refractivity contribution is 5.64. The lowest BCUT2D eigenvalue weighted by Crippen LogP contribution is -2.18. The SMILES string of the molecule is Cc1cc(-c2cc(C)c(=O)n(C)c2)ccc1CN(C)C. The van der Waals surface area contributed by atoms with Crippen LogP contribution < -0.4 is 5.56 Å². The average Bonchev–Trinajstić information content (AvgIpc) is 2.37. The zero-order chi connectivity index (χ0) is 14.9. The summed E-state index contributed by atoms with van der Waals surface area (Å²) in [5.41, 5.74) is 5.70. The summed E-state index contributed by atoms with van der Waals surface area (Å²) in [4.78, 5) is 13.9. The van der Waals surface area contributed by atoms with Crippen LogP contribution in [0.15, 0.2) is 35.3 Å². The fraction of sp³-hybridized carbons (Fsp3) is 0.353. The molecule has 20 heavy (non-hydrogen) atoms. The summed E-state index contributed by atoms with van der Waals surface area (Å²) < 4.78 is 1.65. The van der Waals surface area contributed by atoms with Gasteiger partial charge in [-0.3, -0.25) is 4.79 Å². The monoisotopic (exact) mass is 270 g/mol. The van der Waals surface area contributed by atoms with Crippen molar-refractivity contribution in [2.45, 2.75) is 20.4 Å². The van der Waals surface area contributed by atoms with E-state index in [1.807, 2.05) is 19.2 Å². The topological polar surface area (TPSA) is 25.2 Å². The number of pyridine rings is 1.